The molecule has 5 nitrogen and oxygen atoms in total. The second kappa shape index (κ2) is 7.00. The predicted octanol–water partition coefficient (Wildman–Crippen LogP) is 2.74. The van der Waals surface area contributed by atoms with E-state index in [0.717, 1.165) is 12.8 Å². The molecule has 0 saturated heterocycles. The zero-order chi connectivity index (χ0) is 15.4. The number of benzene rings is 1. The first kappa shape index (κ1) is 15.9. The molecule has 1 aliphatic rings. The lowest BCUT2D eigenvalue weighted by atomic mass is 10.2. The van der Waals surface area contributed by atoms with E-state index in [1.165, 1.54) is 0 Å². The van der Waals surface area contributed by atoms with Crippen LogP contribution in [-0.4, -0.2) is 29.6 Å². The van der Waals surface area contributed by atoms with Crippen LogP contribution in [0.15, 0.2) is 18.2 Å². The SMILES string of the molecule is O=C(CCOc1ccc(Cl)c(Cl)c1)NC(C(=O)O)C1CC1. The van der Waals surface area contributed by atoms with Crippen molar-refractivity contribution in [3.63, 3.8) is 0 Å². The van der Waals surface area contributed by atoms with Gasteiger partial charge in [0, 0.05) is 6.07 Å². The minimum absolute atomic E-state index is 0.0578. The summed E-state index contributed by atoms with van der Waals surface area (Å²) >= 11 is 11.6. The van der Waals surface area contributed by atoms with E-state index in [2.05, 4.69) is 5.32 Å². The number of hydrogen-bond acceptors (Lipinski definition) is 3. The summed E-state index contributed by atoms with van der Waals surface area (Å²) in [5, 5.41) is 12.3. The van der Waals surface area contributed by atoms with E-state index in [1.54, 1.807) is 18.2 Å². The number of rotatable bonds is 7. The predicted molar refractivity (Wildman–Crippen MR) is 78.9 cm³/mol. The number of carboxylic acids is 1. The maximum atomic E-state index is 11.7. The molecule has 7 heteroatoms. The van der Waals surface area contributed by atoms with Crippen LogP contribution in [0, 0.1) is 5.92 Å². The summed E-state index contributed by atoms with van der Waals surface area (Å²) < 4.78 is 5.38. The minimum atomic E-state index is -0.990. The van der Waals surface area contributed by atoms with E-state index in [1.807, 2.05) is 0 Å². The van der Waals surface area contributed by atoms with E-state index in [4.69, 9.17) is 33.0 Å². The van der Waals surface area contributed by atoms with Gasteiger partial charge in [-0.05, 0) is 30.9 Å². The molecule has 1 fully saturated rings. The Bertz CT molecular complexity index is 546. The molecule has 2 rings (SSSR count). The van der Waals surface area contributed by atoms with Crippen LogP contribution in [0.2, 0.25) is 10.0 Å². The van der Waals surface area contributed by atoms with Crippen molar-refractivity contribution < 1.29 is 19.4 Å². The number of carbonyl (C=O) groups is 2. The normalized spacial score (nSPS) is 15.3. The van der Waals surface area contributed by atoms with Crippen molar-refractivity contribution >= 4 is 35.1 Å². The molecule has 0 spiro atoms. The highest BCUT2D eigenvalue weighted by Gasteiger charge is 2.37. The van der Waals surface area contributed by atoms with Gasteiger partial charge < -0.3 is 15.2 Å². The van der Waals surface area contributed by atoms with E-state index < -0.39 is 12.0 Å². The zero-order valence-electron chi connectivity index (χ0n) is 11.1. The molecule has 1 aromatic rings. The van der Waals surface area contributed by atoms with Gasteiger partial charge in [-0.25, -0.2) is 4.79 Å². The van der Waals surface area contributed by atoms with Crippen LogP contribution in [0.5, 0.6) is 5.75 Å². The van der Waals surface area contributed by atoms with Crippen LogP contribution in [0.1, 0.15) is 19.3 Å². The first-order chi connectivity index (χ1) is 9.97. The summed E-state index contributed by atoms with van der Waals surface area (Å²) in [5.41, 5.74) is 0. The number of ether oxygens (including phenoxy) is 1. The third-order valence-electron chi connectivity index (χ3n) is 3.16. The fourth-order valence-corrected chi connectivity index (χ4v) is 2.17. The standard InChI is InChI=1S/C14H15Cl2NO4/c15-10-4-3-9(7-11(10)16)21-6-5-12(18)17-13(14(19)20)8-1-2-8/h3-4,7-8,13H,1-2,5-6H2,(H,17,18)(H,19,20). The summed E-state index contributed by atoms with van der Waals surface area (Å²) in [4.78, 5) is 22.7. The van der Waals surface area contributed by atoms with Crippen LogP contribution in [-0.2, 0) is 9.59 Å². The van der Waals surface area contributed by atoms with E-state index in [0.29, 0.717) is 15.8 Å². The quantitative estimate of drug-likeness (QED) is 0.805. The van der Waals surface area contributed by atoms with Gasteiger partial charge in [0.15, 0.2) is 0 Å². The zero-order valence-corrected chi connectivity index (χ0v) is 12.7. The molecule has 0 aromatic heterocycles. The van der Waals surface area contributed by atoms with Crippen molar-refractivity contribution in [2.24, 2.45) is 5.92 Å². The molecule has 1 aromatic carbocycles. The van der Waals surface area contributed by atoms with Crippen LogP contribution in [0.25, 0.3) is 0 Å². The molecule has 0 radical (unpaired) electrons. The number of halogens is 2. The van der Waals surface area contributed by atoms with E-state index in [-0.39, 0.29) is 24.9 Å². The molecule has 1 amide bonds. The fraction of sp³-hybridized carbons (Fsp3) is 0.429. The van der Waals surface area contributed by atoms with Crippen molar-refractivity contribution in [2.75, 3.05) is 6.61 Å². The van der Waals surface area contributed by atoms with Crippen molar-refractivity contribution in [1.82, 2.24) is 5.32 Å². The van der Waals surface area contributed by atoms with Crippen LogP contribution in [0.4, 0.5) is 0 Å². The summed E-state index contributed by atoms with van der Waals surface area (Å²) in [6.45, 7) is 0.140. The van der Waals surface area contributed by atoms with Gasteiger partial charge in [-0.1, -0.05) is 23.2 Å². The van der Waals surface area contributed by atoms with Crippen molar-refractivity contribution in [2.45, 2.75) is 25.3 Å². The Labute approximate surface area is 132 Å². The number of nitrogens with one attached hydrogen (secondary N) is 1. The average Bonchev–Trinajstić information content (AvgIpc) is 3.24. The molecule has 21 heavy (non-hydrogen) atoms. The van der Waals surface area contributed by atoms with Gasteiger partial charge in [-0.2, -0.15) is 0 Å². The maximum Gasteiger partial charge on any atom is 0.326 e. The summed E-state index contributed by atoms with van der Waals surface area (Å²) in [7, 11) is 0. The summed E-state index contributed by atoms with van der Waals surface area (Å²) in [6, 6.07) is 4.03. The highest BCUT2D eigenvalue weighted by molar-refractivity contribution is 6.42. The van der Waals surface area contributed by atoms with Crippen molar-refractivity contribution in [1.29, 1.82) is 0 Å². The molecular formula is C14H15Cl2NO4. The Balaban J connectivity index is 1.76. The maximum absolute atomic E-state index is 11.7. The molecule has 1 unspecified atom stereocenters. The van der Waals surface area contributed by atoms with Gasteiger partial charge >= 0.3 is 5.97 Å². The Hall–Kier alpha value is -1.46. The monoisotopic (exact) mass is 331 g/mol. The molecule has 1 aliphatic carbocycles. The third kappa shape index (κ3) is 4.79. The Morgan fingerprint density at radius 2 is 2.05 bits per heavy atom. The fourth-order valence-electron chi connectivity index (χ4n) is 1.88. The topological polar surface area (TPSA) is 75.6 Å². The number of carbonyl (C=O) groups excluding carboxylic acids is 1. The minimum Gasteiger partial charge on any atom is -0.493 e. The molecule has 114 valence electrons. The highest BCUT2D eigenvalue weighted by atomic mass is 35.5. The second-order valence-corrected chi connectivity index (χ2v) is 5.71. The number of aliphatic carboxylic acids is 1. The van der Waals surface area contributed by atoms with E-state index >= 15 is 0 Å². The Kier molecular flexibility index (Phi) is 5.31. The molecule has 0 bridgehead atoms. The summed E-state index contributed by atoms with van der Waals surface area (Å²) in [6.07, 6.45) is 1.77. The van der Waals surface area contributed by atoms with Crippen molar-refractivity contribution in [3.8, 4) is 5.75 Å². The molecule has 0 aliphatic heterocycles. The first-order valence-corrected chi connectivity index (χ1v) is 7.33. The first-order valence-electron chi connectivity index (χ1n) is 6.57. The van der Waals surface area contributed by atoms with Crippen LogP contribution >= 0.6 is 23.2 Å². The van der Waals surface area contributed by atoms with Gasteiger partial charge in [-0.3, -0.25) is 4.79 Å². The number of hydrogen-bond donors (Lipinski definition) is 2. The van der Waals surface area contributed by atoms with Crippen LogP contribution in [0.3, 0.4) is 0 Å². The van der Waals surface area contributed by atoms with Gasteiger partial charge in [0.1, 0.15) is 11.8 Å². The van der Waals surface area contributed by atoms with Gasteiger partial charge in [-0.15, -0.1) is 0 Å². The third-order valence-corrected chi connectivity index (χ3v) is 3.90. The smallest absolute Gasteiger partial charge is 0.326 e. The Morgan fingerprint density at radius 3 is 2.62 bits per heavy atom. The van der Waals surface area contributed by atoms with Gasteiger partial charge in [0.05, 0.1) is 23.1 Å². The number of carboxylic acid groups (broad SMARTS) is 1. The second-order valence-electron chi connectivity index (χ2n) is 4.90. The summed E-state index contributed by atoms with van der Waals surface area (Å²) in [5.74, 6) is -0.762. The van der Waals surface area contributed by atoms with E-state index in [9.17, 15) is 9.59 Å². The lowest BCUT2D eigenvalue weighted by Crippen LogP contribution is -2.42. The lowest BCUT2D eigenvalue weighted by Gasteiger charge is -2.13. The molecule has 1 atom stereocenters. The molecule has 0 heterocycles. The molecule has 1 saturated carbocycles. The Morgan fingerprint density at radius 1 is 1.33 bits per heavy atom. The average molecular weight is 332 g/mol. The largest absolute Gasteiger partial charge is 0.493 e. The van der Waals surface area contributed by atoms with Gasteiger partial charge in [0.25, 0.3) is 0 Å². The molecule has 2 N–H and O–H groups in total. The molecular weight excluding hydrogens is 317 g/mol. The van der Waals surface area contributed by atoms with Gasteiger partial charge in [0.2, 0.25) is 5.91 Å². The lowest BCUT2D eigenvalue weighted by molar-refractivity contribution is -0.142. The number of amides is 1. The van der Waals surface area contributed by atoms with Crippen LogP contribution < -0.4 is 10.1 Å². The van der Waals surface area contributed by atoms with Crippen molar-refractivity contribution in [3.05, 3.63) is 28.2 Å². The highest BCUT2D eigenvalue weighted by Crippen LogP contribution is 2.32.